The van der Waals surface area contributed by atoms with Gasteiger partial charge in [-0.15, -0.1) is 0 Å². The molecule has 1 aromatic rings. The number of carboxylic acids is 2. The van der Waals surface area contributed by atoms with Crippen LogP contribution in [0.15, 0.2) is 18.2 Å². The Kier molecular flexibility index (Phi) is 7.97. The Labute approximate surface area is 138 Å². The smallest absolute Gasteiger partial charge is 0.335 e. The molecule has 0 fully saturated rings. The van der Waals surface area contributed by atoms with Gasteiger partial charge in [-0.05, 0) is 31.0 Å². The molecule has 0 heterocycles. The minimum atomic E-state index is -1.29. The lowest BCUT2D eigenvalue weighted by Gasteiger charge is -2.09. The highest BCUT2D eigenvalue weighted by Gasteiger charge is 2.13. The fraction of sp³-hybridized carbons (Fsp3) is 0.375. The van der Waals surface area contributed by atoms with Gasteiger partial charge in [0.25, 0.3) is 5.91 Å². The molecule has 8 heteroatoms. The summed E-state index contributed by atoms with van der Waals surface area (Å²) in [7, 11) is 0. The molecule has 0 unspecified atom stereocenters. The van der Waals surface area contributed by atoms with Crippen molar-refractivity contribution in [1.82, 2.24) is 5.32 Å². The summed E-state index contributed by atoms with van der Waals surface area (Å²) in [5, 5.41) is 20.5. The maximum absolute atomic E-state index is 11.6. The summed E-state index contributed by atoms with van der Waals surface area (Å²) in [4.78, 5) is 43.7. The van der Waals surface area contributed by atoms with Gasteiger partial charge in [-0.3, -0.25) is 4.79 Å². The molecule has 0 aliphatic rings. The van der Waals surface area contributed by atoms with E-state index in [1.54, 1.807) is 0 Å². The van der Waals surface area contributed by atoms with Crippen LogP contribution in [0.5, 0.6) is 5.75 Å². The summed E-state index contributed by atoms with van der Waals surface area (Å²) >= 11 is 0. The van der Waals surface area contributed by atoms with Crippen molar-refractivity contribution in [3.05, 3.63) is 29.3 Å². The summed E-state index contributed by atoms with van der Waals surface area (Å²) in [6, 6.07) is 3.32. The van der Waals surface area contributed by atoms with Gasteiger partial charge in [-0.2, -0.15) is 0 Å². The van der Waals surface area contributed by atoms with E-state index in [0.29, 0.717) is 13.0 Å². The Morgan fingerprint density at radius 2 is 1.62 bits per heavy atom. The number of nitrogens with one attached hydrogen (secondary N) is 1. The molecule has 0 radical (unpaired) electrons. The summed E-state index contributed by atoms with van der Waals surface area (Å²) in [6.45, 7) is 0.0903. The van der Waals surface area contributed by atoms with E-state index >= 15 is 0 Å². The fourth-order valence-corrected chi connectivity index (χ4v) is 1.89. The van der Waals surface area contributed by atoms with E-state index in [1.165, 1.54) is 0 Å². The summed E-state index contributed by atoms with van der Waals surface area (Å²) in [6.07, 6.45) is 3.68. The number of carbonyl (C=O) groups excluding carboxylic acids is 2. The second-order valence-corrected chi connectivity index (χ2v) is 5.01. The maximum Gasteiger partial charge on any atom is 0.335 e. The van der Waals surface area contributed by atoms with Crippen molar-refractivity contribution in [2.24, 2.45) is 0 Å². The average molecular weight is 337 g/mol. The van der Waals surface area contributed by atoms with Crippen LogP contribution in [0.4, 0.5) is 0 Å². The number of carboxylic acid groups (broad SMARTS) is 2. The van der Waals surface area contributed by atoms with Gasteiger partial charge in [0.05, 0.1) is 11.1 Å². The predicted octanol–water partition coefficient (Wildman–Crippen LogP) is 1.34. The molecule has 3 N–H and O–H groups in total. The molecule has 130 valence electrons. The first-order chi connectivity index (χ1) is 11.4. The lowest BCUT2D eigenvalue weighted by atomic mass is 10.1. The Morgan fingerprint density at radius 3 is 2.17 bits per heavy atom. The summed E-state index contributed by atoms with van der Waals surface area (Å²) in [5.74, 6) is -2.98. The normalized spacial score (nSPS) is 10.0. The molecule has 24 heavy (non-hydrogen) atoms. The topological polar surface area (TPSA) is 130 Å². The highest BCUT2D eigenvalue weighted by molar-refractivity contribution is 5.94. The highest BCUT2D eigenvalue weighted by atomic mass is 16.5. The van der Waals surface area contributed by atoms with E-state index in [9.17, 15) is 19.2 Å². The molecule has 0 aliphatic carbocycles. The number of aromatic carboxylic acids is 2. The zero-order valence-corrected chi connectivity index (χ0v) is 13.0. The van der Waals surface area contributed by atoms with Gasteiger partial charge in [-0.25, -0.2) is 9.59 Å². The van der Waals surface area contributed by atoms with Crippen molar-refractivity contribution in [1.29, 1.82) is 0 Å². The third kappa shape index (κ3) is 6.91. The fourth-order valence-electron chi connectivity index (χ4n) is 1.89. The molecule has 0 aromatic heterocycles. The van der Waals surface area contributed by atoms with Crippen LogP contribution in [0, 0.1) is 0 Å². The Bertz CT molecular complexity index is 580. The van der Waals surface area contributed by atoms with Crippen molar-refractivity contribution >= 4 is 24.1 Å². The summed E-state index contributed by atoms with van der Waals surface area (Å²) in [5.41, 5.74) is -0.471. The lowest BCUT2D eigenvalue weighted by Crippen LogP contribution is -2.29. The van der Waals surface area contributed by atoms with Crippen LogP contribution in [0.25, 0.3) is 0 Å². The first-order valence-electron chi connectivity index (χ1n) is 7.39. The predicted molar refractivity (Wildman–Crippen MR) is 83.4 cm³/mol. The van der Waals surface area contributed by atoms with Crippen LogP contribution < -0.4 is 10.1 Å². The van der Waals surface area contributed by atoms with E-state index in [4.69, 9.17) is 14.9 Å². The number of unbranched alkanes of at least 4 members (excludes halogenated alkanes) is 3. The van der Waals surface area contributed by atoms with Crippen molar-refractivity contribution < 1.29 is 34.1 Å². The summed E-state index contributed by atoms with van der Waals surface area (Å²) < 4.78 is 5.16. The number of hydrogen-bond acceptors (Lipinski definition) is 5. The van der Waals surface area contributed by atoms with Crippen molar-refractivity contribution in [2.45, 2.75) is 25.7 Å². The molecule has 0 bridgehead atoms. The molecule has 1 rings (SSSR count). The molecule has 0 saturated carbocycles. The minimum absolute atomic E-state index is 0.00608. The van der Waals surface area contributed by atoms with Crippen LogP contribution in [-0.4, -0.2) is 47.5 Å². The SMILES string of the molecule is O=CCCCCCNC(=O)COc1cc(C(=O)O)cc(C(=O)O)c1. The van der Waals surface area contributed by atoms with Gasteiger partial charge in [0.15, 0.2) is 6.61 Å². The van der Waals surface area contributed by atoms with E-state index in [0.717, 1.165) is 43.7 Å². The van der Waals surface area contributed by atoms with Crippen LogP contribution in [0.3, 0.4) is 0 Å². The van der Waals surface area contributed by atoms with Gasteiger partial charge >= 0.3 is 11.9 Å². The molecule has 0 spiro atoms. The largest absolute Gasteiger partial charge is 0.484 e. The number of ether oxygens (including phenoxy) is 1. The quantitative estimate of drug-likeness (QED) is 0.410. The van der Waals surface area contributed by atoms with Crippen molar-refractivity contribution in [3.8, 4) is 5.75 Å². The first kappa shape index (κ1) is 19.1. The molecule has 0 aliphatic heterocycles. The number of benzene rings is 1. The molecule has 1 aromatic carbocycles. The number of hydrogen-bond donors (Lipinski definition) is 3. The van der Waals surface area contributed by atoms with Crippen LogP contribution in [-0.2, 0) is 9.59 Å². The molecule has 0 saturated heterocycles. The van der Waals surface area contributed by atoms with Gasteiger partial charge in [-0.1, -0.05) is 6.42 Å². The maximum atomic E-state index is 11.6. The average Bonchev–Trinajstić information content (AvgIpc) is 2.55. The van der Waals surface area contributed by atoms with E-state index in [-0.39, 0.29) is 23.5 Å². The standard InChI is InChI=1S/C16H19NO7/c18-6-4-2-1-3-5-17-14(19)10-24-13-8-11(15(20)21)7-12(9-13)16(22)23/h6-9H,1-5,10H2,(H,17,19)(H,20,21)(H,22,23). The number of rotatable bonds is 11. The number of aldehydes is 1. The van der Waals surface area contributed by atoms with Crippen LogP contribution in [0.2, 0.25) is 0 Å². The second-order valence-electron chi connectivity index (χ2n) is 5.01. The molecular weight excluding hydrogens is 318 g/mol. The van der Waals surface area contributed by atoms with Gasteiger partial charge in [0, 0.05) is 13.0 Å². The highest BCUT2D eigenvalue weighted by Crippen LogP contribution is 2.17. The zero-order valence-electron chi connectivity index (χ0n) is 13.0. The van der Waals surface area contributed by atoms with E-state index in [2.05, 4.69) is 5.32 Å². The molecule has 1 amide bonds. The molecular formula is C16H19NO7. The number of carbonyl (C=O) groups is 4. The van der Waals surface area contributed by atoms with Crippen LogP contribution >= 0.6 is 0 Å². The van der Waals surface area contributed by atoms with Gasteiger partial charge < -0.3 is 25.1 Å². The Morgan fingerprint density at radius 1 is 1.00 bits per heavy atom. The van der Waals surface area contributed by atoms with Gasteiger partial charge in [0.2, 0.25) is 0 Å². The molecule has 0 atom stereocenters. The lowest BCUT2D eigenvalue weighted by molar-refractivity contribution is -0.123. The third-order valence-corrected chi connectivity index (χ3v) is 3.09. The van der Waals surface area contributed by atoms with Crippen molar-refractivity contribution in [2.75, 3.05) is 13.2 Å². The van der Waals surface area contributed by atoms with Gasteiger partial charge in [0.1, 0.15) is 12.0 Å². The first-order valence-corrected chi connectivity index (χ1v) is 7.39. The molecule has 8 nitrogen and oxygen atoms in total. The van der Waals surface area contributed by atoms with Crippen LogP contribution in [0.1, 0.15) is 46.4 Å². The Hall–Kier alpha value is -2.90. The second kappa shape index (κ2) is 9.98. The van der Waals surface area contributed by atoms with Crippen molar-refractivity contribution in [3.63, 3.8) is 0 Å². The number of amides is 1. The minimum Gasteiger partial charge on any atom is -0.484 e. The van der Waals surface area contributed by atoms with E-state index < -0.39 is 17.8 Å². The third-order valence-electron chi connectivity index (χ3n) is 3.09. The Balaban J connectivity index is 2.48. The monoisotopic (exact) mass is 337 g/mol. The zero-order chi connectivity index (χ0) is 17.9. The van der Waals surface area contributed by atoms with E-state index in [1.807, 2.05) is 0 Å².